The molecule has 0 unspecified atom stereocenters. The largest absolute Gasteiger partial charge is 0.343 e. The predicted molar refractivity (Wildman–Crippen MR) is 112 cm³/mol. The second-order valence-electron chi connectivity index (χ2n) is 6.82. The van der Waals surface area contributed by atoms with Crippen molar-refractivity contribution in [2.24, 2.45) is 0 Å². The highest BCUT2D eigenvalue weighted by atomic mass is 32.2. The van der Waals surface area contributed by atoms with Gasteiger partial charge < -0.3 is 0 Å². The van der Waals surface area contributed by atoms with Crippen molar-refractivity contribution in [1.29, 1.82) is 0 Å². The first kappa shape index (κ1) is 19.6. The molecule has 0 saturated carbocycles. The number of benzene rings is 3. The van der Waals surface area contributed by atoms with Gasteiger partial charge in [0.05, 0.1) is 22.8 Å². The van der Waals surface area contributed by atoms with E-state index in [1.807, 2.05) is 0 Å². The molecule has 1 aliphatic rings. The number of amides is 2. The fourth-order valence-corrected chi connectivity index (χ4v) is 5.05. The first-order valence-electron chi connectivity index (χ1n) is 9.05. The molecule has 0 N–H and O–H groups in total. The summed E-state index contributed by atoms with van der Waals surface area (Å²) in [6.07, 6.45) is 0. The molecular formula is C21H17N3O5S. The number of fused-ring (bicyclic) bond motifs is 1. The van der Waals surface area contributed by atoms with Crippen molar-refractivity contribution < 1.29 is 18.1 Å². The molecule has 0 atom stereocenters. The molecule has 0 spiro atoms. The van der Waals surface area contributed by atoms with Gasteiger partial charge in [0.2, 0.25) is 0 Å². The van der Waals surface area contributed by atoms with E-state index in [-0.39, 0.29) is 28.5 Å². The van der Waals surface area contributed by atoms with Crippen LogP contribution in [0.2, 0.25) is 0 Å². The second kappa shape index (κ2) is 7.27. The Balaban J connectivity index is 1.83. The number of hydrogen-bond donors (Lipinski definition) is 0. The van der Waals surface area contributed by atoms with Crippen LogP contribution in [0.5, 0.6) is 0 Å². The molecule has 0 aromatic heterocycles. The second-order valence-corrected chi connectivity index (χ2v) is 8.57. The summed E-state index contributed by atoms with van der Waals surface area (Å²) in [6.45, 7) is 1.80. The Hall–Kier alpha value is -3.72. The number of non-ortho nitro benzene ring substituents is 1. The Labute approximate surface area is 173 Å². The summed E-state index contributed by atoms with van der Waals surface area (Å²) in [5, 5.41) is 10.9. The molecule has 30 heavy (non-hydrogen) atoms. The fourth-order valence-electron chi connectivity index (χ4n) is 3.39. The number of carbonyl (C=O) groups excluding carboxylic acids is 1. The van der Waals surface area contributed by atoms with E-state index >= 15 is 0 Å². The van der Waals surface area contributed by atoms with Crippen LogP contribution in [0.25, 0.3) is 0 Å². The third-order valence-corrected chi connectivity index (χ3v) is 6.64. The number of para-hydroxylation sites is 2. The number of hydrogen-bond acceptors (Lipinski definition) is 5. The SMILES string of the molecule is Cc1ccccc1N1C(=O)N(Cc2ccc([N+](=O)[O-])cc2)c2ccccc2S1(=O)=O. The predicted octanol–water partition coefficient (Wildman–Crippen LogP) is 4.24. The van der Waals surface area contributed by atoms with E-state index in [1.165, 1.54) is 23.1 Å². The van der Waals surface area contributed by atoms with Crippen LogP contribution in [0.4, 0.5) is 21.9 Å². The number of carbonyl (C=O) groups is 1. The van der Waals surface area contributed by atoms with Gasteiger partial charge in [-0.25, -0.2) is 13.2 Å². The van der Waals surface area contributed by atoms with Gasteiger partial charge >= 0.3 is 6.03 Å². The van der Waals surface area contributed by atoms with Gasteiger partial charge in [-0.05, 0) is 36.2 Å². The highest BCUT2D eigenvalue weighted by molar-refractivity contribution is 7.94. The zero-order chi connectivity index (χ0) is 21.5. The number of aryl methyl sites for hydroxylation is 1. The lowest BCUT2D eigenvalue weighted by atomic mass is 10.1. The molecule has 4 rings (SSSR count). The van der Waals surface area contributed by atoms with Gasteiger partial charge in [-0.3, -0.25) is 15.0 Å². The molecule has 0 bridgehead atoms. The summed E-state index contributed by atoms with van der Waals surface area (Å²) in [6, 6.07) is 18.2. The molecule has 1 heterocycles. The van der Waals surface area contributed by atoms with E-state index < -0.39 is 21.0 Å². The Morgan fingerprint density at radius 2 is 1.50 bits per heavy atom. The van der Waals surface area contributed by atoms with Crippen molar-refractivity contribution in [2.45, 2.75) is 18.4 Å². The maximum atomic E-state index is 13.4. The van der Waals surface area contributed by atoms with Crippen LogP contribution in [-0.2, 0) is 16.6 Å². The number of nitro benzene ring substituents is 1. The summed E-state index contributed by atoms with van der Waals surface area (Å²) in [5.41, 5.74) is 1.77. The van der Waals surface area contributed by atoms with E-state index in [0.29, 0.717) is 11.1 Å². The minimum absolute atomic E-state index is 0.0229. The van der Waals surface area contributed by atoms with Crippen molar-refractivity contribution in [3.05, 3.63) is 94.0 Å². The first-order chi connectivity index (χ1) is 14.3. The minimum atomic E-state index is -4.10. The highest BCUT2D eigenvalue weighted by Gasteiger charge is 2.42. The molecule has 0 radical (unpaired) electrons. The summed E-state index contributed by atoms with van der Waals surface area (Å²) < 4.78 is 27.4. The lowest BCUT2D eigenvalue weighted by Gasteiger charge is -2.36. The zero-order valence-corrected chi connectivity index (χ0v) is 16.7. The van der Waals surface area contributed by atoms with Crippen LogP contribution in [0.15, 0.2) is 77.7 Å². The van der Waals surface area contributed by atoms with Crippen molar-refractivity contribution in [1.82, 2.24) is 0 Å². The Morgan fingerprint density at radius 3 is 2.13 bits per heavy atom. The van der Waals surface area contributed by atoms with Gasteiger partial charge in [-0.1, -0.05) is 42.5 Å². The van der Waals surface area contributed by atoms with E-state index in [9.17, 15) is 23.3 Å². The molecule has 0 aliphatic carbocycles. The van der Waals surface area contributed by atoms with Crippen molar-refractivity contribution >= 4 is 33.1 Å². The third-order valence-electron chi connectivity index (χ3n) is 4.90. The first-order valence-corrected chi connectivity index (χ1v) is 10.5. The number of urea groups is 1. The molecule has 0 saturated heterocycles. The monoisotopic (exact) mass is 423 g/mol. The Bertz CT molecular complexity index is 1260. The van der Waals surface area contributed by atoms with Crippen molar-refractivity contribution in [3.8, 4) is 0 Å². The number of rotatable bonds is 4. The van der Waals surface area contributed by atoms with Crippen LogP contribution in [0.3, 0.4) is 0 Å². The van der Waals surface area contributed by atoms with Crippen molar-refractivity contribution in [3.63, 3.8) is 0 Å². The molecule has 0 fully saturated rings. The molecule has 3 aromatic carbocycles. The smallest absolute Gasteiger partial charge is 0.287 e. The van der Waals surface area contributed by atoms with Gasteiger partial charge in [-0.2, -0.15) is 4.31 Å². The zero-order valence-electron chi connectivity index (χ0n) is 15.9. The maximum Gasteiger partial charge on any atom is 0.343 e. The standard InChI is InChI=1S/C21H17N3O5S/c1-15-6-2-3-7-18(15)23-21(25)22(14-16-10-12-17(13-11-16)24(26)27)19-8-4-5-9-20(19)30(23,28)29/h2-13H,14H2,1H3. The summed E-state index contributed by atoms with van der Waals surface area (Å²) in [4.78, 5) is 25.2. The van der Waals surface area contributed by atoms with Crippen LogP contribution < -0.4 is 9.21 Å². The van der Waals surface area contributed by atoms with Crippen LogP contribution in [-0.4, -0.2) is 19.4 Å². The maximum absolute atomic E-state index is 13.4. The van der Waals surface area contributed by atoms with E-state index in [0.717, 1.165) is 4.31 Å². The summed E-state index contributed by atoms with van der Waals surface area (Å²) in [5.74, 6) is 0. The van der Waals surface area contributed by atoms with E-state index in [1.54, 1.807) is 61.5 Å². The fraction of sp³-hybridized carbons (Fsp3) is 0.0952. The highest BCUT2D eigenvalue weighted by Crippen LogP contribution is 2.38. The third kappa shape index (κ3) is 3.18. The Kier molecular flexibility index (Phi) is 4.75. The molecule has 1 aliphatic heterocycles. The van der Waals surface area contributed by atoms with E-state index in [4.69, 9.17) is 0 Å². The van der Waals surface area contributed by atoms with Crippen molar-refractivity contribution in [2.75, 3.05) is 9.21 Å². The molecule has 2 amide bonds. The summed E-state index contributed by atoms with van der Waals surface area (Å²) in [7, 11) is -4.10. The number of nitro groups is 1. The van der Waals surface area contributed by atoms with Gasteiger partial charge in [0.25, 0.3) is 15.7 Å². The molecule has 3 aromatic rings. The van der Waals surface area contributed by atoms with Crippen LogP contribution in [0, 0.1) is 17.0 Å². The Morgan fingerprint density at radius 1 is 0.900 bits per heavy atom. The molecule has 9 heteroatoms. The van der Waals surface area contributed by atoms with Crippen LogP contribution >= 0.6 is 0 Å². The molecule has 8 nitrogen and oxygen atoms in total. The van der Waals surface area contributed by atoms with Gasteiger partial charge in [0.15, 0.2) is 0 Å². The minimum Gasteiger partial charge on any atom is -0.287 e. The normalized spacial score (nSPS) is 15.0. The lowest BCUT2D eigenvalue weighted by Crippen LogP contribution is -2.51. The van der Waals surface area contributed by atoms with Gasteiger partial charge in [0.1, 0.15) is 4.90 Å². The van der Waals surface area contributed by atoms with E-state index in [2.05, 4.69) is 0 Å². The average Bonchev–Trinajstić information content (AvgIpc) is 2.73. The van der Waals surface area contributed by atoms with Gasteiger partial charge in [0, 0.05) is 12.1 Å². The summed E-state index contributed by atoms with van der Waals surface area (Å²) >= 11 is 0. The lowest BCUT2D eigenvalue weighted by molar-refractivity contribution is -0.384. The average molecular weight is 423 g/mol. The quantitative estimate of drug-likeness (QED) is 0.461. The number of nitrogens with zero attached hydrogens (tertiary/aromatic N) is 3. The topological polar surface area (TPSA) is 101 Å². The number of sulfonamides is 1. The van der Waals surface area contributed by atoms with Crippen LogP contribution in [0.1, 0.15) is 11.1 Å². The number of anilines is 2. The van der Waals surface area contributed by atoms with Gasteiger partial charge in [-0.15, -0.1) is 0 Å². The molecule has 152 valence electrons. The molecular weight excluding hydrogens is 406 g/mol.